The van der Waals surface area contributed by atoms with Gasteiger partial charge in [0.15, 0.2) is 0 Å². The molecule has 0 bridgehead atoms. The number of urea groups is 1. The van der Waals surface area contributed by atoms with Crippen LogP contribution in [-0.2, 0) is 0 Å². The van der Waals surface area contributed by atoms with E-state index in [9.17, 15) is 4.79 Å². The van der Waals surface area contributed by atoms with E-state index < -0.39 is 0 Å². The first-order valence-electron chi connectivity index (χ1n) is 4.80. The molecule has 15 heavy (non-hydrogen) atoms. The zero-order valence-electron chi connectivity index (χ0n) is 9.10. The van der Waals surface area contributed by atoms with Gasteiger partial charge in [0.2, 0.25) is 0 Å². The molecule has 80 valence electrons. The van der Waals surface area contributed by atoms with Gasteiger partial charge in [-0.1, -0.05) is 36.4 Å². The van der Waals surface area contributed by atoms with Crippen molar-refractivity contribution in [2.75, 3.05) is 14.1 Å². The third-order valence-electron chi connectivity index (χ3n) is 2.08. The van der Waals surface area contributed by atoms with Crippen LogP contribution in [0.4, 0.5) is 4.79 Å². The van der Waals surface area contributed by atoms with Gasteiger partial charge in [0, 0.05) is 14.1 Å². The van der Waals surface area contributed by atoms with Gasteiger partial charge in [-0.2, -0.15) is 0 Å². The summed E-state index contributed by atoms with van der Waals surface area (Å²) in [4.78, 5) is 13.0. The summed E-state index contributed by atoms with van der Waals surface area (Å²) in [6, 6.07) is 9.48. The highest BCUT2D eigenvalue weighted by molar-refractivity contribution is 5.74. The number of hydrogen-bond donors (Lipinski definition) is 1. The van der Waals surface area contributed by atoms with E-state index in [2.05, 4.69) is 11.9 Å². The summed E-state index contributed by atoms with van der Waals surface area (Å²) in [5, 5.41) is 2.85. The molecule has 1 rings (SSSR count). The molecular weight excluding hydrogens is 188 g/mol. The van der Waals surface area contributed by atoms with E-state index in [1.54, 1.807) is 20.2 Å². The highest BCUT2D eigenvalue weighted by atomic mass is 16.2. The van der Waals surface area contributed by atoms with Gasteiger partial charge in [0.25, 0.3) is 0 Å². The lowest BCUT2D eigenvalue weighted by molar-refractivity contribution is 0.215. The zero-order chi connectivity index (χ0) is 11.3. The fraction of sp³-hybridized carbons (Fsp3) is 0.250. The smallest absolute Gasteiger partial charge is 0.317 e. The summed E-state index contributed by atoms with van der Waals surface area (Å²) in [6.45, 7) is 3.72. The fourth-order valence-corrected chi connectivity index (χ4v) is 1.20. The first-order chi connectivity index (χ1) is 7.15. The fourth-order valence-electron chi connectivity index (χ4n) is 1.20. The Kier molecular flexibility index (Phi) is 3.92. The lowest BCUT2D eigenvalue weighted by atomic mass is 10.1. The molecule has 1 atom stereocenters. The normalized spacial score (nSPS) is 11.6. The molecule has 1 aromatic rings. The van der Waals surface area contributed by atoms with Crippen molar-refractivity contribution in [3.05, 3.63) is 48.6 Å². The molecule has 0 aliphatic heterocycles. The molecule has 0 radical (unpaired) electrons. The summed E-state index contributed by atoms with van der Waals surface area (Å²) in [6.07, 6.45) is 1.72. The quantitative estimate of drug-likeness (QED) is 0.752. The van der Waals surface area contributed by atoms with Crippen LogP contribution >= 0.6 is 0 Å². The van der Waals surface area contributed by atoms with Gasteiger partial charge in [-0.15, -0.1) is 6.58 Å². The van der Waals surface area contributed by atoms with E-state index in [1.165, 1.54) is 4.90 Å². The van der Waals surface area contributed by atoms with Crippen LogP contribution < -0.4 is 5.32 Å². The van der Waals surface area contributed by atoms with Crippen molar-refractivity contribution in [3.63, 3.8) is 0 Å². The average Bonchev–Trinajstić information content (AvgIpc) is 2.26. The Morgan fingerprint density at radius 2 is 2.00 bits per heavy atom. The lowest BCUT2D eigenvalue weighted by Gasteiger charge is -2.18. The van der Waals surface area contributed by atoms with E-state index in [0.29, 0.717) is 0 Å². The van der Waals surface area contributed by atoms with Gasteiger partial charge >= 0.3 is 6.03 Å². The van der Waals surface area contributed by atoms with Crippen LogP contribution in [0.5, 0.6) is 0 Å². The second-order valence-corrected chi connectivity index (χ2v) is 3.47. The molecule has 3 nitrogen and oxygen atoms in total. The molecule has 0 fully saturated rings. The maximum absolute atomic E-state index is 11.5. The standard InChI is InChI=1S/C12H16N2O/c1-4-11(13-12(15)14(2)3)10-8-6-5-7-9-10/h4-9,11H,1H2,2-3H3,(H,13,15). The SMILES string of the molecule is C=CC(NC(=O)N(C)C)c1ccccc1. The number of benzene rings is 1. The Balaban J connectivity index is 2.73. The summed E-state index contributed by atoms with van der Waals surface area (Å²) < 4.78 is 0. The Hall–Kier alpha value is -1.77. The van der Waals surface area contributed by atoms with Gasteiger partial charge in [0.1, 0.15) is 0 Å². The molecule has 2 amide bonds. The van der Waals surface area contributed by atoms with Crippen LogP contribution in [0, 0.1) is 0 Å². The molecule has 0 aromatic heterocycles. The summed E-state index contributed by atoms with van der Waals surface area (Å²) in [5.41, 5.74) is 1.03. The molecule has 0 aliphatic carbocycles. The molecule has 0 saturated heterocycles. The number of carbonyl (C=O) groups is 1. The van der Waals surface area contributed by atoms with E-state index in [-0.39, 0.29) is 12.1 Å². The molecule has 0 aliphatic rings. The number of nitrogens with zero attached hydrogens (tertiary/aromatic N) is 1. The largest absolute Gasteiger partial charge is 0.331 e. The molecule has 0 spiro atoms. The molecule has 1 N–H and O–H groups in total. The third-order valence-corrected chi connectivity index (χ3v) is 2.08. The van der Waals surface area contributed by atoms with Crippen molar-refractivity contribution in [2.24, 2.45) is 0 Å². The number of rotatable bonds is 3. The van der Waals surface area contributed by atoms with Crippen LogP contribution in [0.2, 0.25) is 0 Å². The predicted octanol–water partition coefficient (Wildman–Crippen LogP) is 2.18. The summed E-state index contributed by atoms with van der Waals surface area (Å²) >= 11 is 0. The first-order valence-corrected chi connectivity index (χ1v) is 4.80. The van der Waals surface area contributed by atoms with Gasteiger partial charge in [-0.3, -0.25) is 0 Å². The molecule has 3 heteroatoms. The molecular formula is C12H16N2O. The van der Waals surface area contributed by atoms with Gasteiger partial charge in [-0.25, -0.2) is 4.79 Å². The number of hydrogen-bond acceptors (Lipinski definition) is 1. The van der Waals surface area contributed by atoms with Gasteiger partial charge < -0.3 is 10.2 Å². The highest BCUT2D eigenvalue weighted by Gasteiger charge is 2.11. The Morgan fingerprint density at radius 1 is 1.40 bits per heavy atom. The third kappa shape index (κ3) is 3.13. The van der Waals surface area contributed by atoms with Crippen LogP contribution in [0.1, 0.15) is 11.6 Å². The monoisotopic (exact) mass is 204 g/mol. The number of carbonyl (C=O) groups excluding carboxylic acids is 1. The van der Waals surface area contributed by atoms with Crippen molar-refractivity contribution < 1.29 is 4.79 Å². The highest BCUT2D eigenvalue weighted by Crippen LogP contribution is 2.13. The summed E-state index contributed by atoms with van der Waals surface area (Å²) in [5.74, 6) is 0. The Bertz CT molecular complexity index is 333. The molecule has 1 aromatic carbocycles. The van der Waals surface area contributed by atoms with Crippen LogP contribution in [0.25, 0.3) is 0 Å². The molecule has 1 unspecified atom stereocenters. The number of amides is 2. The van der Waals surface area contributed by atoms with Gasteiger partial charge in [0.05, 0.1) is 6.04 Å². The van der Waals surface area contributed by atoms with Crippen molar-refractivity contribution >= 4 is 6.03 Å². The van der Waals surface area contributed by atoms with Crippen molar-refractivity contribution in [1.29, 1.82) is 0 Å². The van der Waals surface area contributed by atoms with E-state index in [0.717, 1.165) is 5.56 Å². The van der Waals surface area contributed by atoms with Crippen LogP contribution in [0.3, 0.4) is 0 Å². The minimum Gasteiger partial charge on any atom is -0.331 e. The average molecular weight is 204 g/mol. The second kappa shape index (κ2) is 5.20. The molecule has 0 heterocycles. The van der Waals surface area contributed by atoms with Crippen molar-refractivity contribution in [2.45, 2.75) is 6.04 Å². The minimum absolute atomic E-state index is 0.122. The van der Waals surface area contributed by atoms with E-state index in [4.69, 9.17) is 0 Å². The topological polar surface area (TPSA) is 32.3 Å². The Labute approximate surface area is 90.4 Å². The Morgan fingerprint density at radius 3 is 2.47 bits per heavy atom. The van der Waals surface area contributed by atoms with Crippen molar-refractivity contribution in [1.82, 2.24) is 10.2 Å². The summed E-state index contributed by atoms with van der Waals surface area (Å²) in [7, 11) is 3.42. The first kappa shape index (κ1) is 11.3. The number of nitrogens with one attached hydrogen (secondary N) is 1. The molecule has 0 saturated carbocycles. The minimum atomic E-state index is -0.138. The van der Waals surface area contributed by atoms with Crippen LogP contribution in [-0.4, -0.2) is 25.0 Å². The lowest BCUT2D eigenvalue weighted by Crippen LogP contribution is -2.36. The van der Waals surface area contributed by atoms with Crippen LogP contribution in [0.15, 0.2) is 43.0 Å². The second-order valence-electron chi connectivity index (χ2n) is 3.47. The maximum Gasteiger partial charge on any atom is 0.317 e. The zero-order valence-corrected chi connectivity index (χ0v) is 9.10. The predicted molar refractivity (Wildman–Crippen MR) is 61.6 cm³/mol. The van der Waals surface area contributed by atoms with E-state index >= 15 is 0 Å². The van der Waals surface area contributed by atoms with E-state index in [1.807, 2.05) is 30.3 Å². The van der Waals surface area contributed by atoms with Gasteiger partial charge in [-0.05, 0) is 5.56 Å². The van der Waals surface area contributed by atoms with Crippen molar-refractivity contribution in [3.8, 4) is 0 Å². The maximum atomic E-state index is 11.5.